The number of aliphatic hydroxyl groups is 1. The average molecular weight is 117 g/mol. The number of nitrogens with two attached hydrogens (primary N) is 1. The van der Waals surface area contributed by atoms with Gasteiger partial charge in [-0.05, 0) is 26.2 Å². The highest BCUT2D eigenvalue weighted by Gasteiger charge is 1.91. The molecule has 0 aliphatic heterocycles. The third-order valence-corrected chi connectivity index (χ3v) is 1.07. The summed E-state index contributed by atoms with van der Waals surface area (Å²) in [7, 11) is 0. The number of unbranched alkanes of at least 4 members (excludes halogenated alkanes) is 1. The van der Waals surface area contributed by atoms with Gasteiger partial charge in [-0.1, -0.05) is 0 Å². The molecule has 0 fully saturated rings. The Kier molecular flexibility index (Phi) is 5.01. The molecule has 8 heavy (non-hydrogen) atoms. The van der Waals surface area contributed by atoms with Gasteiger partial charge in [0.25, 0.3) is 0 Å². The quantitative estimate of drug-likeness (QED) is 0.526. The van der Waals surface area contributed by atoms with E-state index in [9.17, 15) is 0 Å². The number of hydrogen-bond donors (Lipinski definition) is 2. The molecule has 0 amide bonds. The van der Waals surface area contributed by atoms with Crippen LogP contribution in [0.5, 0.6) is 0 Å². The van der Waals surface area contributed by atoms with Crippen molar-refractivity contribution in [3.8, 4) is 0 Å². The predicted octanol–water partition coefficient (Wildman–Crippen LogP) is 0.496. The Bertz CT molecular complexity index is 45.8. The van der Waals surface area contributed by atoms with Crippen molar-refractivity contribution in [1.82, 2.24) is 0 Å². The third kappa shape index (κ3) is 5.92. The van der Waals surface area contributed by atoms with Crippen LogP contribution in [0.3, 0.4) is 0 Å². The Morgan fingerprint density at radius 2 is 2.12 bits per heavy atom. The van der Waals surface area contributed by atoms with Crippen LogP contribution in [0.25, 0.3) is 0 Å². The van der Waals surface area contributed by atoms with Crippen LogP contribution in [0.4, 0.5) is 0 Å². The maximum atomic E-state index is 8.34. The van der Waals surface area contributed by atoms with Crippen LogP contribution >= 0.6 is 0 Å². The van der Waals surface area contributed by atoms with E-state index >= 15 is 0 Å². The molecule has 0 aromatic rings. The Morgan fingerprint density at radius 3 is 2.50 bits per heavy atom. The second-order valence-electron chi connectivity index (χ2n) is 2.20. The molecular weight excluding hydrogens is 102 g/mol. The Labute approximate surface area is 50.7 Å². The van der Waals surface area contributed by atoms with E-state index in [4.69, 9.17) is 10.8 Å². The molecule has 1 atom stereocenters. The van der Waals surface area contributed by atoms with Crippen LogP contribution in [-0.4, -0.2) is 17.8 Å². The van der Waals surface area contributed by atoms with Gasteiger partial charge >= 0.3 is 0 Å². The van der Waals surface area contributed by atoms with Gasteiger partial charge in [0.05, 0.1) is 0 Å². The van der Waals surface area contributed by atoms with Crippen molar-refractivity contribution in [3.05, 3.63) is 0 Å². The predicted molar refractivity (Wildman–Crippen MR) is 34.6 cm³/mol. The summed E-state index contributed by atoms with van der Waals surface area (Å²) in [5.74, 6) is 0. The fraction of sp³-hybridized carbons (Fsp3) is 1.00. The van der Waals surface area contributed by atoms with Crippen LogP contribution in [0.2, 0.25) is 0 Å². The molecule has 0 spiro atoms. The van der Waals surface area contributed by atoms with E-state index in [0.717, 1.165) is 19.3 Å². The first-order valence-electron chi connectivity index (χ1n) is 3.14. The molecule has 3 N–H and O–H groups in total. The molecule has 0 aromatic carbocycles. The zero-order chi connectivity index (χ0) is 6.41. The third-order valence-electron chi connectivity index (χ3n) is 1.07. The van der Waals surface area contributed by atoms with E-state index in [0.29, 0.717) is 12.6 Å². The highest BCUT2D eigenvalue weighted by atomic mass is 16.2. The molecule has 2 nitrogen and oxygen atoms in total. The minimum atomic E-state index is 0.293. The van der Waals surface area contributed by atoms with Gasteiger partial charge < -0.3 is 10.8 Å². The van der Waals surface area contributed by atoms with Gasteiger partial charge in [0, 0.05) is 12.6 Å². The average Bonchev–Trinajstić information content (AvgIpc) is 1.66. The normalized spacial score (nSPS) is 13.9. The summed E-state index contributed by atoms with van der Waals surface area (Å²) in [6, 6.07) is 0.293. The Balaban J connectivity index is 2.72. The van der Waals surface area contributed by atoms with Gasteiger partial charge in [-0.3, -0.25) is 0 Å². The summed E-state index contributed by atoms with van der Waals surface area (Å²) in [5.41, 5.74) is 5.45. The molecule has 0 heterocycles. The first-order chi connectivity index (χ1) is 3.77. The number of rotatable bonds is 4. The first-order valence-corrected chi connectivity index (χ1v) is 3.14. The lowest BCUT2D eigenvalue weighted by Gasteiger charge is -2.00. The molecule has 2 heteroatoms. The van der Waals surface area contributed by atoms with Crippen molar-refractivity contribution < 1.29 is 5.11 Å². The molecule has 0 aromatic heterocycles. The molecular formula is C6H15NO. The zero-order valence-electron chi connectivity index (χ0n) is 5.43. The highest BCUT2D eigenvalue weighted by molar-refractivity contribution is 4.51. The topological polar surface area (TPSA) is 46.2 Å². The Morgan fingerprint density at radius 1 is 1.50 bits per heavy atom. The van der Waals surface area contributed by atoms with Crippen molar-refractivity contribution in [1.29, 1.82) is 0 Å². The second kappa shape index (κ2) is 5.06. The van der Waals surface area contributed by atoms with E-state index in [1.165, 1.54) is 0 Å². The number of hydrogen-bond acceptors (Lipinski definition) is 2. The highest BCUT2D eigenvalue weighted by Crippen LogP contribution is 1.95. The molecule has 0 radical (unpaired) electrons. The van der Waals surface area contributed by atoms with Crippen LogP contribution in [0, 0.1) is 0 Å². The molecule has 0 saturated carbocycles. The summed E-state index contributed by atoms with van der Waals surface area (Å²) in [6.07, 6.45) is 2.97. The van der Waals surface area contributed by atoms with Crippen LogP contribution < -0.4 is 5.73 Å². The van der Waals surface area contributed by atoms with E-state index in [1.54, 1.807) is 0 Å². The SMILES string of the molecule is C[C@H](N)CCCCO. The Hall–Kier alpha value is -0.0800. The summed E-state index contributed by atoms with van der Waals surface area (Å²) < 4.78 is 0. The monoisotopic (exact) mass is 117 g/mol. The van der Waals surface area contributed by atoms with Crippen molar-refractivity contribution in [2.24, 2.45) is 5.73 Å². The maximum Gasteiger partial charge on any atom is 0.0431 e. The summed E-state index contributed by atoms with van der Waals surface area (Å²) in [6.45, 7) is 2.28. The molecule has 0 unspecified atom stereocenters. The molecule has 0 aliphatic carbocycles. The van der Waals surface area contributed by atoms with Crippen LogP contribution in [0.1, 0.15) is 26.2 Å². The van der Waals surface area contributed by atoms with Gasteiger partial charge in [0.15, 0.2) is 0 Å². The van der Waals surface area contributed by atoms with Gasteiger partial charge in [0.2, 0.25) is 0 Å². The maximum absolute atomic E-state index is 8.34. The van der Waals surface area contributed by atoms with Crippen molar-refractivity contribution in [3.63, 3.8) is 0 Å². The summed E-state index contributed by atoms with van der Waals surface area (Å²) in [4.78, 5) is 0. The minimum Gasteiger partial charge on any atom is -0.396 e. The van der Waals surface area contributed by atoms with E-state index < -0.39 is 0 Å². The molecule has 0 bridgehead atoms. The van der Waals surface area contributed by atoms with Crippen LogP contribution in [-0.2, 0) is 0 Å². The number of aliphatic hydroxyl groups excluding tert-OH is 1. The fourth-order valence-corrected chi connectivity index (χ4v) is 0.578. The second-order valence-corrected chi connectivity index (χ2v) is 2.20. The van der Waals surface area contributed by atoms with E-state index in [1.807, 2.05) is 6.92 Å². The smallest absolute Gasteiger partial charge is 0.0431 e. The van der Waals surface area contributed by atoms with Crippen molar-refractivity contribution in [2.45, 2.75) is 32.2 Å². The van der Waals surface area contributed by atoms with E-state index in [2.05, 4.69) is 0 Å². The zero-order valence-corrected chi connectivity index (χ0v) is 5.43. The van der Waals surface area contributed by atoms with Gasteiger partial charge in [-0.2, -0.15) is 0 Å². The lowest BCUT2D eigenvalue weighted by Crippen LogP contribution is -2.14. The van der Waals surface area contributed by atoms with Gasteiger partial charge in [-0.15, -0.1) is 0 Å². The molecule has 50 valence electrons. The minimum absolute atomic E-state index is 0.293. The lowest BCUT2D eigenvalue weighted by molar-refractivity contribution is 0.282. The van der Waals surface area contributed by atoms with E-state index in [-0.39, 0.29) is 0 Å². The molecule has 0 rings (SSSR count). The van der Waals surface area contributed by atoms with Crippen molar-refractivity contribution in [2.75, 3.05) is 6.61 Å². The molecule has 0 aliphatic rings. The van der Waals surface area contributed by atoms with Gasteiger partial charge in [0.1, 0.15) is 0 Å². The van der Waals surface area contributed by atoms with Crippen molar-refractivity contribution >= 4 is 0 Å². The lowest BCUT2D eigenvalue weighted by atomic mass is 10.1. The summed E-state index contributed by atoms with van der Waals surface area (Å²) >= 11 is 0. The summed E-state index contributed by atoms with van der Waals surface area (Å²) in [5, 5.41) is 8.34. The molecule has 0 saturated heterocycles. The van der Waals surface area contributed by atoms with Crippen LogP contribution in [0.15, 0.2) is 0 Å². The largest absolute Gasteiger partial charge is 0.396 e. The fourth-order valence-electron chi connectivity index (χ4n) is 0.578. The standard InChI is InChI=1S/C6H15NO/c1-6(7)4-2-3-5-8/h6,8H,2-5,7H2,1H3/t6-/m0/s1. The first kappa shape index (κ1) is 7.92. The van der Waals surface area contributed by atoms with Gasteiger partial charge in [-0.25, -0.2) is 0 Å².